The Labute approximate surface area is 191 Å². The second-order valence-corrected chi connectivity index (χ2v) is 8.12. The highest BCUT2D eigenvalue weighted by atomic mass is 16.7. The number of hydroxylamine groups is 1. The van der Waals surface area contributed by atoms with Crippen molar-refractivity contribution < 1.29 is 24.0 Å². The highest BCUT2D eigenvalue weighted by Gasteiger charge is 2.60. The summed E-state index contributed by atoms with van der Waals surface area (Å²) in [6.07, 6.45) is -0.940. The van der Waals surface area contributed by atoms with Crippen LogP contribution in [0.1, 0.15) is 27.5 Å². The van der Waals surface area contributed by atoms with Gasteiger partial charge in [0.15, 0.2) is 6.10 Å². The summed E-state index contributed by atoms with van der Waals surface area (Å²) in [6.45, 7) is 1.95. The van der Waals surface area contributed by atoms with Crippen molar-refractivity contribution in [1.29, 1.82) is 0 Å². The van der Waals surface area contributed by atoms with Gasteiger partial charge in [0.05, 0.1) is 30.1 Å². The third kappa shape index (κ3) is 3.47. The van der Waals surface area contributed by atoms with E-state index in [9.17, 15) is 14.4 Å². The van der Waals surface area contributed by atoms with Crippen LogP contribution in [-0.4, -0.2) is 31.0 Å². The standard InChI is InChI=1S/C26H22N2O5/c1-16-8-14-19(15-9-16)27-24(29)21-22(17-10-12-18(13-11-17)26(31)32-2)28(33-23(21)25(27)30)20-6-4-3-5-7-20/h3-15,21-23H,1-2H3/t21-,22-,23-/m1/s1. The highest BCUT2D eigenvalue weighted by Crippen LogP contribution is 2.47. The Morgan fingerprint density at radius 1 is 0.848 bits per heavy atom. The van der Waals surface area contributed by atoms with Crippen LogP contribution in [-0.2, 0) is 19.2 Å². The number of aryl methyl sites for hydroxylation is 1. The minimum absolute atomic E-state index is 0.311. The van der Waals surface area contributed by atoms with E-state index < -0.39 is 24.0 Å². The van der Waals surface area contributed by atoms with Crippen molar-refractivity contribution in [3.05, 3.63) is 95.6 Å². The lowest BCUT2D eigenvalue weighted by molar-refractivity contribution is -0.126. The molecule has 2 fully saturated rings. The van der Waals surface area contributed by atoms with E-state index in [-0.39, 0.29) is 11.8 Å². The zero-order valence-electron chi connectivity index (χ0n) is 18.2. The number of nitrogens with zero attached hydrogens (tertiary/aromatic N) is 2. The Kier molecular flexibility index (Phi) is 5.18. The van der Waals surface area contributed by atoms with Crippen LogP contribution in [0.15, 0.2) is 78.9 Å². The maximum absolute atomic E-state index is 13.6. The van der Waals surface area contributed by atoms with Crippen LogP contribution in [0.2, 0.25) is 0 Å². The summed E-state index contributed by atoms with van der Waals surface area (Å²) in [5.41, 5.74) is 3.45. The molecule has 0 aliphatic carbocycles. The van der Waals surface area contributed by atoms with Crippen LogP contribution < -0.4 is 9.96 Å². The summed E-state index contributed by atoms with van der Waals surface area (Å²) >= 11 is 0. The molecule has 2 amide bonds. The van der Waals surface area contributed by atoms with Gasteiger partial charge in [-0.3, -0.25) is 14.4 Å². The molecule has 33 heavy (non-hydrogen) atoms. The fraction of sp³-hybridized carbons (Fsp3) is 0.192. The molecule has 3 aromatic rings. The van der Waals surface area contributed by atoms with Gasteiger partial charge in [-0.2, -0.15) is 0 Å². The molecular weight excluding hydrogens is 420 g/mol. The van der Waals surface area contributed by atoms with Gasteiger partial charge >= 0.3 is 5.97 Å². The normalized spacial score (nSPS) is 21.9. The van der Waals surface area contributed by atoms with E-state index in [4.69, 9.17) is 9.57 Å². The zero-order chi connectivity index (χ0) is 23.1. The van der Waals surface area contributed by atoms with Crippen LogP contribution in [0.4, 0.5) is 11.4 Å². The summed E-state index contributed by atoms with van der Waals surface area (Å²) in [6, 6.07) is 22.9. The highest BCUT2D eigenvalue weighted by molar-refractivity contribution is 6.23. The molecule has 7 nitrogen and oxygen atoms in total. The monoisotopic (exact) mass is 442 g/mol. The van der Waals surface area contributed by atoms with Crippen LogP contribution in [0.3, 0.4) is 0 Å². The number of carbonyl (C=O) groups excluding carboxylic acids is 3. The first kappa shape index (κ1) is 20.9. The van der Waals surface area contributed by atoms with Gasteiger partial charge in [-0.1, -0.05) is 48.0 Å². The van der Waals surface area contributed by atoms with E-state index in [2.05, 4.69) is 0 Å². The maximum Gasteiger partial charge on any atom is 0.337 e. The number of esters is 1. The van der Waals surface area contributed by atoms with Gasteiger partial charge in [-0.25, -0.2) is 14.8 Å². The number of imide groups is 1. The van der Waals surface area contributed by atoms with Gasteiger partial charge in [-0.15, -0.1) is 0 Å². The second-order valence-electron chi connectivity index (χ2n) is 8.12. The smallest absolute Gasteiger partial charge is 0.337 e. The molecule has 2 aliphatic heterocycles. The molecule has 166 valence electrons. The van der Waals surface area contributed by atoms with Crippen molar-refractivity contribution in [3.8, 4) is 0 Å². The summed E-state index contributed by atoms with van der Waals surface area (Å²) in [4.78, 5) is 46.1. The number of para-hydroxylation sites is 1. The first-order valence-corrected chi connectivity index (χ1v) is 10.6. The lowest BCUT2D eigenvalue weighted by atomic mass is 9.90. The third-order valence-corrected chi connectivity index (χ3v) is 6.09. The molecule has 0 spiro atoms. The molecule has 0 bridgehead atoms. The van der Waals surface area contributed by atoms with Gasteiger partial charge < -0.3 is 4.74 Å². The number of anilines is 2. The van der Waals surface area contributed by atoms with Gasteiger partial charge in [0.2, 0.25) is 5.91 Å². The van der Waals surface area contributed by atoms with Gasteiger partial charge in [0, 0.05) is 0 Å². The minimum Gasteiger partial charge on any atom is -0.465 e. The van der Waals surface area contributed by atoms with Crippen molar-refractivity contribution in [3.63, 3.8) is 0 Å². The average molecular weight is 442 g/mol. The topological polar surface area (TPSA) is 76.2 Å². The quantitative estimate of drug-likeness (QED) is 0.452. The zero-order valence-corrected chi connectivity index (χ0v) is 18.2. The molecule has 0 radical (unpaired) electrons. The van der Waals surface area contributed by atoms with Gasteiger partial charge in [0.25, 0.3) is 5.91 Å². The predicted octanol–water partition coefficient (Wildman–Crippen LogP) is 3.83. The van der Waals surface area contributed by atoms with E-state index in [0.717, 1.165) is 16.8 Å². The molecule has 2 heterocycles. The van der Waals surface area contributed by atoms with Crippen molar-refractivity contribution in [2.24, 2.45) is 5.92 Å². The number of hydrogen-bond acceptors (Lipinski definition) is 6. The number of ether oxygens (including phenoxy) is 1. The molecule has 2 aliphatic rings. The van der Waals surface area contributed by atoms with Gasteiger partial charge in [-0.05, 0) is 48.9 Å². The molecule has 0 unspecified atom stereocenters. The van der Waals surface area contributed by atoms with E-state index in [1.54, 1.807) is 41.5 Å². The number of benzene rings is 3. The lowest BCUT2D eigenvalue weighted by Crippen LogP contribution is -2.37. The van der Waals surface area contributed by atoms with Crippen molar-refractivity contribution in [2.45, 2.75) is 19.1 Å². The van der Waals surface area contributed by atoms with E-state index >= 15 is 0 Å². The van der Waals surface area contributed by atoms with Gasteiger partial charge in [0.1, 0.15) is 5.92 Å². The fourth-order valence-corrected chi connectivity index (χ4v) is 4.43. The SMILES string of the molecule is COC(=O)c1ccc([C@@H]2[C@H]3C(=O)N(c4ccc(C)cc4)C(=O)[C@@H]3ON2c2ccccc2)cc1. The Bertz CT molecular complexity index is 1210. The largest absolute Gasteiger partial charge is 0.465 e. The summed E-state index contributed by atoms with van der Waals surface area (Å²) in [5, 5.41) is 1.63. The molecule has 5 rings (SSSR count). The van der Waals surface area contributed by atoms with E-state index in [1.807, 2.05) is 49.4 Å². The Hall–Kier alpha value is -3.97. The van der Waals surface area contributed by atoms with Crippen LogP contribution in [0, 0.1) is 12.8 Å². The lowest BCUT2D eigenvalue weighted by Gasteiger charge is -2.28. The fourth-order valence-electron chi connectivity index (χ4n) is 4.43. The molecular formula is C26H22N2O5. The minimum atomic E-state index is -0.940. The van der Waals surface area contributed by atoms with E-state index in [0.29, 0.717) is 11.3 Å². The van der Waals surface area contributed by atoms with Crippen molar-refractivity contribution >= 4 is 29.2 Å². The average Bonchev–Trinajstić information content (AvgIpc) is 3.36. The van der Waals surface area contributed by atoms with Crippen molar-refractivity contribution in [2.75, 3.05) is 17.1 Å². The van der Waals surface area contributed by atoms with Crippen LogP contribution in [0.5, 0.6) is 0 Å². The molecule has 0 N–H and O–H groups in total. The predicted molar refractivity (Wildman–Crippen MR) is 121 cm³/mol. The summed E-state index contributed by atoms with van der Waals surface area (Å²) in [7, 11) is 1.32. The number of methoxy groups -OCH3 is 1. The summed E-state index contributed by atoms with van der Waals surface area (Å²) in [5.74, 6) is -1.87. The first-order valence-electron chi connectivity index (χ1n) is 10.6. The molecule has 3 atom stereocenters. The molecule has 7 heteroatoms. The second kappa shape index (κ2) is 8.18. The number of amides is 2. The van der Waals surface area contributed by atoms with Crippen LogP contribution in [0.25, 0.3) is 0 Å². The number of carbonyl (C=O) groups is 3. The Morgan fingerprint density at radius 2 is 1.52 bits per heavy atom. The molecule has 3 aromatic carbocycles. The molecule has 0 aromatic heterocycles. The third-order valence-electron chi connectivity index (χ3n) is 6.09. The number of fused-ring (bicyclic) bond motifs is 1. The van der Waals surface area contributed by atoms with Crippen molar-refractivity contribution in [1.82, 2.24) is 0 Å². The number of hydrogen-bond donors (Lipinski definition) is 0. The molecule has 0 saturated carbocycles. The Morgan fingerprint density at radius 3 is 2.15 bits per heavy atom. The maximum atomic E-state index is 13.6. The summed E-state index contributed by atoms with van der Waals surface area (Å²) < 4.78 is 4.78. The number of rotatable bonds is 4. The van der Waals surface area contributed by atoms with Crippen LogP contribution >= 0.6 is 0 Å². The first-order chi connectivity index (χ1) is 16.0. The Balaban J connectivity index is 1.56. The molecule has 2 saturated heterocycles. The van der Waals surface area contributed by atoms with E-state index in [1.165, 1.54) is 12.0 Å².